The number of carbonyl (C=O) groups is 1. The minimum absolute atomic E-state index is 0.0481. The van der Waals surface area contributed by atoms with E-state index in [2.05, 4.69) is 22.1 Å². The lowest BCUT2D eigenvalue weighted by Crippen LogP contribution is -2.20. The molecule has 30 heavy (non-hydrogen) atoms. The molecule has 7 heteroatoms. The molecule has 0 aliphatic carbocycles. The molecular formula is C23H16F2N2O3. The van der Waals surface area contributed by atoms with Crippen LogP contribution < -0.4 is 10.1 Å². The predicted molar refractivity (Wildman–Crippen MR) is 105 cm³/mol. The molecule has 3 aromatic rings. The Morgan fingerprint density at radius 2 is 1.80 bits per heavy atom. The summed E-state index contributed by atoms with van der Waals surface area (Å²) < 4.78 is 38.2. The summed E-state index contributed by atoms with van der Waals surface area (Å²) in [6.45, 7) is 0. The van der Waals surface area contributed by atoms with E-state index in [0.29, 0.717) is 11.1 Å². The van der Waals surface area contributed by atoms with Crippen LogP contribution in [0.15, 0.2) is 60.9 Å². The molecule has 0 spiro atoms. The van der Waals surface area contributed by atoms with E-state index in [1.54, 1.807) is 19.4 Å². The fraction of sp³-hybridized carbons (Fsp3) is 0.130. The molecule has 2 aromatic carbocycles. The van der Waals surface area contributed by atoms with Gasteiger partial charge in [-0.2, -0.15) is 0 Å². The quantitative estimate of drug-likeness (QED) is 0.660. The first-order valence-electron chi connectivity index (χ1n) is 9.06. The van der Waals surface area contributed by atoms with Crippen molar-refractivity contribution in [2.75, 3.05) is 7.11 Å². The molecule has 2 atom stereocenters. The Labute approximate surface area is 171 Å². The number of pyridine rings is 1. The highest BCUT2D eigenvalue weighted by Gasteiger charge is 2.38. The highest BCUT2D eigenvalue weighted by Crippen LogP contribution is 2.37. The summed E-state index contributed by atoms with van der Waals surface area (Å²) in [6.07, 6.45) is 1.36. The number of methoxy groups -OCH3 is 1. The molecule has 150 valence electrons. The summed E-state index contributed by atoms with van der Waals surface area (Å²) in [5.74, 6) is 5.48. The fourth-order valence-corrected chi connectivity index (χ4v) is 3.17. The molecule has 1 aliphatic rings. The number of aromatic nitrogens is 1. The number of nitrogens with one attached hydrogen (secondary N) is 1. The maximum Gasteiger partial charge on any atom is 0.408 e. The van der Waals surface area contributed by atoms with Crippen molar-refractivity contribution in [3.63, 3.8) is 0 Å². The maximum absolute atomic E-state index is 14.2. The number of benzene rings is 2. The summed E-state index contributed by atoms with van der Waals surface area (Å²) >= 11 is 0. The van der Waals surface area contributed by atoms with Crippen molar-refractivity contribution in [2.24, 2.45) is 0 Å². The molecule has 1 unspecified atom stereocenters. The van der Waals surface area contributed by atoms with Gasteiger partial charge in [0, 0.05) is 29.1 Å². The number of hydrogen-bond acceptors (Lipinski definition) is 4. The average molecular weight is 406 g/mol. The Morgan fingerprint density at radius 3 is 2.57 bits per heavy atom. The number of hydrogen-bond donors (Lipinski definition) is 1. The minimum atomic E-state index is -1.03. The van der Waals surface area contributed by atoms with Gasteiger partial charge >= 0.3 is 6.09 Å². The zero-order chi connectivity index (χ0) is 21.1. The number of halogens is 2. The van der Waals surface area contributed by atoms with Gasteiger partial charge in [0.05, 0.1) is 7.11 Å². The molecule has 1 saturated heterocycles. The predicted octanol–water partition coefficient (Wildman–Crippen LogP) is 4.29. The van der Waals surface area contributed by atoms with Gasteiger partial charge in [-0.3, -0.25) is 4.98 Å². The SMILES string of the molecule is COc1ccc(C#Cc2cncc([C@H]3NC(=O)OC3c3cc(F)ccc3F)c2)cc1. The molecule has 0 saturated carbocycles. The van der Waals surface area contributed by atoms with E-state index in [0.717, 1.165) is 29.5 Å². The number of rotatable bonds is 3. The smallest absolute Gasteiger partial charge is 0.408 e. The van der Waals surface area contributed by atoms with Gasteiger partial charge in [0.15, 0.2) is 6.10 Å². The number of alkyl carbamates (subject to hydrolysis) is 1. The van der Waals surface area contributed by atoms with Crippen LogP contribution in [0, 0.1) is 23.5 Å². The van der Waals surface area contributed by atoms with E-state index in [1.165, 1.54) is 6.20 Å². The maximum atomic E-state index is 14.2. The zero-order valence-corrected chi connectivity index (χ0v) is 15.9. The number of carbonyl (C=O) groups excluding carboxylic acids is 1. The third-order valence-electron chi connectivity index (χ3n) is 4.63. The van der Waals surface area contributed by atoms with E-state index in [-0.39, 0.29) is 5.56 Å². The first-order chi connectivity index (χ1) is 14.5. The molecule has 1 N–H and O–H groups in total. The number of nitrogens with zero attached hydrogens (tertiary/aromatic N) is 1. The second kappa shape index (κ2) is 8.21. The number of ether oxygens (including phenoxy) is 2. The van der Waals surface area contributed by atoms with Gasteiger partial charge in [0.2, 0.25) is 0 Å². The summed E-state index contributed by atoms with van der Waals surface area (Å²) in [5.41, 5.74) is 1.91. The number of amides is 1. The van der Waals surface area contributed by atoms with Gasteiger partial charge in [-0.1, -0.05) is 11.8 Å². The average Bonchev–Trinajstić information content (AvgIpc) is 3.16. The van der Waals surface area contributed by atoms with Crippen LogP contribution in [0.2, 0.25) is 0 Å². The summed E-state index contributed by atoms with van der Waals surface area (Å²) in [5, 5.41) is 2.63. The molecule has 4 rings (SSSR count). The van der Waals surface area contributed by atoms with Crippen LogP contribution >= 0.6 is 0 Å². The molecule has 1 aliphatic heterocycles. The Bertz CT molecular complexity index is 1150. The zero-order valence-electron chi connectivity index (χ0n) is 15.9. The first-order valence-corrected chi connectivity index (χ1v) is 9.06. The Kier molecular flexibility index (Phi) is 5.31. The molecular weight excluding hydrogens is 390 g/mol. The molecule has 1 amide bonds. The largest absolute Gasteiger partial charge is 0.497 e. The topological polar surface area (TPSA) is 60.5 Å². The second-order valence-electron chi connectivity index (χ2n) is 6.60. The van der Waals surface area contributed by atoms with Crippen molar-refractivity contribution in [1.29, 1.82) is 0 Å². The lowest BCUT2D eigenvalue weighted by molar-refractivity contribution is 0.130. The fourth-order valence-electron chi connectivity index (χ4n) is 3.17. The van der Waals surface area contributed by atoms with Crippen LogP contribution in [0.25, 0.3) is 0 Å². The van der Waals surface area contributed by atoms with E-state index in [1.807, 2.05) is 24.3 Å². The van der Waals surface area contributed by atoms with Crippen LogP contribution in [0.3, 0.4) is 0 Å². The molecule has 2 heterocycles. The first kappa shape index (κ1) is 19.4. The van der Waals surface area contributed by atoms with Crippen LogP contribution in [0.5, 0.6) is 5.75 Å². The normalized spacial score (nSPS) is 17.5. The van der Waals surface area contributed by atoms with E-state index >= 15 is 0 Å². The molecule has 0 bridgehead atoms. The van der Waals surface area contributed by atoms with Gasteiger partial charge in [0.1, 0.15) is 23.4 Å². The third kappa shape index (κ3) is 4.08. The third-order valence-corrected chi connectivity index (χ3v) is 4.63. The van der Waals surface area contributed by atoms with Gasteiger partial charge in [-0.25, -0.2) is 13.6 Å². The van der Waals surface area contributed by atoms with E-state index in [9.17, 15) is 13.6 Å². The second-order valence-corrected chi connectivity index (χ2v) is 6.60. The van der Waals surface area contributed by atoms with Crippen LogP contribution in [-0.2, 0) is 4.74 Å². The van der Waals surface area contributed by atoms with E-state index < -0.39 is 29.9 Å². The van der Waals surface area contributed by atoms with Crippen molar-refractivity contribution in [2.45, 2.75) is 12.1 Å². The highest BCUT2D eigenvalue weighted by atomic mass is 19.1. The molecule has 5 nitrogen and oxygen atoms in total. The lowest BCUT2D eigenvalue weighted by atomic mass is 9.96. The Morgan fingerprint density at radius 1 is 1.03 bits per heavy atom. The highest BCUT2D eigenvalue weighted by molar-refractivity contribution is 5.71. The minimum Gasteiger partial charge on any atom is -0.497 e. The van der Waals surface area contributed by atoms with Crippen molar-refractivity contribution >= 4 is 6.09 Å². The van der Waals surface area contributed by atoms with Crippen LogP contribution in [0.4, 0.5) is 13.6 Å². The van der Waals surface area contributed by atoms with Crippen molar-refractivity contribution in [1.82, 2.24) is 10.3 Å². The summed E-state index contributed by atoms with van der Waals surface area (Å²) in [7, 11) is 1.59. The van der Waals surface area contributed by atoms with Crippen LogP contribution in [0.1, 0.15) is 34.4 Å². The van der Waals surface area contributed by atoms with Crippen molar-refractivity contribution in [3.05, 3.63) is 94.8 Å². The summed E-state index contributed by atoms with van der Waals surface area (Å²) in [4.78, 5) is 16.0. The lowest BCUT2D eigenvalue weighted by Gasteiger charge is -2.18. The number of cyclic esters (lactones) is 1. The monoisotopic (exact) mass is 406 g/mol. The summed E-state index contributed by atoms with van der Waals surface area (Å²) in [6, 6.07) is 11.3. The van der Waals surface area contributed by atoms with Crippen molar-refractivity contribution < 1.29 is 23.0 Å². The van der Waals surface area contributed by atoms with Crippen LogP contribution in [-0.4, -0.2) is 18.2 Å². The van der Waals surface area contributed by atoms with Gasteiger partial charge in [-0.15, -0.1) is 0 Å². The molecule has 1 aromatic heterocycles. The molecule has 1 fully saturated rings. The van der Waals surface area contributed by atoms with Gasteiger partial charge in [-0.05, 0) is 54.1 Å². The standard InChI is InChI=1S/C23H16F2N2O3/c1-29-18-7-4-14(5-8-18)2-3-15-10-16(13-26-12-15)21-22(30-23(28)27-21)19-11-17(24)6-9-20(19)25/h4-13,21-22H,1H3,(H,27,28)/t21-,22?/m1/s1. The molecule has 0 radical (unpaired) electrons. The Balaban J connectivity index is 1.63. The van der Waals surface area contributed by atoms with E-state index in [4.69, 9.17) is 9.47 Å². The van der Waals surface area contributed by atoms with Crippen molar-refractivity contribution in [3.8, 4) is 17.6 Å². The van der Waals surface area contributed by atoms with Gasteiger partial charge in [0.25, 0.3) is 0 Å². The Hall–Kier alpha value is -3.92. The van der Waals surface area contributed by atoms with Gasteiger partial charge < -0.3 is 14.8 Å².